The fraction of sp³-hybridized carbons (Fsp3) is 0.444. The van der Waals surface area contributed by atoms with Crippen LogP contribution in [0.3, 0.4) is 0 Å². The molecule has 1 unspecified atom stereocenters. The number of carbonyl (C=O) groups is 1. The molecule has 1 heterocycles. The molecule has 1 N–H and O–H groups in total. The van der Waals surface area contributed by atoms with Gasteiger partial charge in [-0.1, -0.05) is 41.5 Å². The molecule has 0 bridgehead atoms. The lowest BCUT2D eigenvalue weighted by atomic mass is 9.90. The highest BCUT2D eigenvalue weighted by Gasteiger charge is 2.30. The van der Waals surface area contributed by atoms with Gasteiger partial charge in [0.15, 0.2) is 5.16 Å². The SMILES string of the molecule is CCn1c(SCC(=O)NC(C)(C#N)C(C)C)nc2ccc(Br)cc2c1=O. The van der Waals surface area contributed by atoms with E-state index >= 15 is 0 Å². The fourth-order valence-electron chi connectivity index (χ4n) is 2.32. The minimum Gasteiger partial charge on any atom is -0.337 e. The van der Waals surface area contributed by atoms with Crippen molar-refractivity contribution in [2.75, 3.05) is 5.75 Å². The average molecular weight is 437 g/mol. The Morgan fingerprint density at radius 1 is 1.50 bits per heavy atom. The van der Waals surface area contributed by atoms with E-state index in [9.17, 15) is 14.9 Å². The monoisotopic (exact) mass is 436 g/mol. The summed E-state index contributed by atoms with van der Waals surface area (Å²) in [7, 11) is 0. The molecule has 0 aliphatic rings. The molecule has 8 heteroatoms. The van der Waals surface area contributed by atoms with Crippen molar-refractivity contribution in [3.8, 4) is 6.07 Å². The molecule has 0 aliphatic carbocycles. The predicted octanol–water partition coefficient (Wildman–Crippen LogP) is 3.33. The average Bonchev–Trinajstić information content (AvgIpc) is 2.60. The topological polar surface area (TPSA) is 87.8 Å². The van der Waals surface area contributed by atoms with Crippen LogP contribution in [0.15, 0.2) is 32.6 Å². The van der Waals surface area contributed by atoms with E-state index in [2.05, 4.69) is 32.3 Å². The van der Waals surface area contributed by atoms with Crippen LogP contribution >= 0.6 is 27.7 Å². The lowest BCUT2D eigenvalue weighted by Crippen LogP contribution is -2.49. The van der Waals surface area contributed by atoms with Gasteiger partial charge in [-0.15, -0.1) is 0 Å². The summed E-state index contributed by atoms with van der Waals surface area (Å²) < 4.78 is 2.37. The van der Waals surface area contributed by atoms with Crippen LogP contribution in [0.5, 0.6) is 0 Å². The fourth-order valence-corrected chi connectivity index (χ4v) is 3.54. The molecule has 1 amide bonds. The highest BCUT2D eigenvalue weighted by atomic mass is 79.9. The molecule has 0 aliphatic heterocycles. The van der Waals surface area contributed by atoms with Gasteiger partial charge >= 0.3 is 0 Å². The number of nitrogens with zero attached hydrogens (tertiary/aromatic N) is 3. The van der Waals surface area contributed by atoms with E-state index < -0.39 is 5.54 Å². The minimum absolute atomic E-state index is 0.0208. The third kappa shape index (κ3) is 4.27. The van der Waals surface area contributed by atoms with Gasteiger partial charge < -0.3 is 5.32 Å². The number of amides is 1. The van der Waals surface area contributed by atoms with E-state index in [0.29, 0.717) is 22.6 Å². The number of nitriles is 1. The van der Waals surface area contributed by atoms with Crippen LogP contribution in [0.4, 0.5) is 0 Å². The summed E-state index contributed by atoms with van der Waals surface area (Å²) in [4.78, 5) is 29.5. The van der Waals surface area contributed by atoms with Crippen molar-refractivity contribution in [1.82, 2.24) is 14.9 Å². The van der Waals surface area contributed by atoms with Crippen molar-refractivity contribution in [3.05, 3.63) is 33.0 Å². The Morgan fingerprint density at radius 3 is 2.77 bits per heavy atom. The Morgan fingerprint density at radius 2 is 2.19 bits per heavy atom. The number of hydrogen-bond donors (Lipinski definition) is 1. The van der Waals surface area contributed by atoms with Gasteiger partial charge in [0.25, 0.3) is 5.56 Å². The zero-order valence-corrected chi connectivity index (χ0v) is 17.6. The second-order valence-electron chi connectivity index (χ2n) is 6.41. The number of carbonyl (C=O) groups excluding carboxylic acids is 1. The number of benzene rings is 1. The van der Waals surface area contributed by atoms with Crippen LogP contribution in [0.1, 0.15) is 27.7 Å². The number of thioether (sulfide) groups is 1. The van der Waals surface area contributed by atoms with E-state index in [1.54, 1.807) is 23.6 Å². The third-order valence-electron chi connectivity index (χ3n) is 4.32. The van der Waals surface area contributed by atoms with Crippen LogP contribution < -0.4 is 10.9 Å². The maximum Gasteiger partial charge on any atom is 0.262 e. The number of nitrogens with one attached hydrogen (secondary N) is 1. The maximum atomic E-state index is 12.7. The molecule has 0 saturated carbocycles. The Labute approximate surface area is 165 Å². The zero-order valence-electron chi connectivity index (χ0n) is 15.2. The molecule has 138 valence electrons. The van der Waals surface area contributed by atoms with Crippen molar-refractivity contribution in [1.29, 1.82) is 5.26 Å². The number of rotatable bonds is 6. The first-order valence-electron chi connectivity index (χ1n) is 8.27. The molecule has 6 nitrogen and oxygen atoms in total. The standard InChI is InChI=1S/C18H21BrN4O2S/c1-5-23-16(25)13-8-12(19)6-7-14(13)21-17(23)26-9-15(24)22-18(4,10-20)11(2)3/h6-8,11H,5,9H2,1-4H3,(H,22,24). The first kappa shape index (κ1) is 20.5. The summed E-state index contributed by atoms with van der Waals surface area (Å²) in [5, 5.41) is 13.1. The summed E-state index contributed by atoms with van der Waals surface area (Å²) in [6, 6.07) is 7.50. The van der Waals surface area contributed by atoms with Gasteiger partial charge in [-0.2, -0.15) is 5.26 Å². The lowest BCUT2D eigenvalue weighted by Gasteiger charge is -2.27. The number of aromatic nitrogens is 2. The van der Waals surface area contributed by atoms with Crippen molar-refractivity contribution in [2.24, 2.45) is 5.92 Å². The van der Waals surface area contributed by atoms with Gasteiger partial charge in [0.1, 0.15) is 5.54 Å². The van der Waals surface area contributed by atoms with E-state index in [-0.39, 0.29) is 23.1 Å². The molecular weight excluding hydrogens is 416 g/mol. The molecule has 0 radical (unpaired) electrons. The summed E-state index contributed by atoms with van der Waals surface area (Å²) in [6.45, 7) is 7.79. The third-order valence-corrected chi connectivity index (χ3v) is 5.79. The molecule has 1 atom stereocenters. The molecule has 2 rings (SSSR count). The zero-order chi connectivity index (χ0) is 19.5. The largest absolute Gasteiger partial charge is 0.337 e. The van der Waals surface area contributed by atoms with Crippen LogP contribution in [0.2, 0.25) is 0 Å². The molecule has 1 aromatic heterocycles. The Balaban J connectivity index is 2.26. The summed E-state index contributed by atoms with van der Waals surface area (Å²) in [6.07, 6.45) is 0. The highest BCUT2D eigenvalue weighted by molar-refractivity contribution is 9.10. The van der Waals surface area contributed by atoms with Crippen molar-refractivity contribution in [3.63, 3.8) is 0 Å². The van der Waals surface area contributed by atoms with E-state index in [1.807, 2.05) is 26.8 Å². The van der Waals surface area contributed by atoms with Crippen LogP contribution in [0.25, 0.3) is 10.9 Å². The molecule has 1 aromatic carbocycles. The van der Waals surface area contributed by atoms with E-state index in [1.165, 1.54) is 11.8 Å². The van der Waals surface area contributed by atoms with Gasteiger partial charge in [0, 0.05) is 11.0 Å². The predicted molar refractivity (Wildman–Crippen MR) is 107 cm³/mol. The van der Waals surface area contributed by atoms with Gasteiger partial charge in [-0.25, -0.2) is 4.98 Å². The normalized spacial score (nSPS) is 13.4. The molecule has 0 saturated heterocycles. The molecule has 26 heavy (non-hydrogen) atoms. The highest BCUT2D eigenvalue weighted by Crippen LogP contribution is 2.21. The van der Waals surface area contributed by atoms with Crippen LogP contribution in [0, 0.1) is 17.2 Å². The quantitative estimate of drug-likeness (QED) is 0.553. The van der Waals surface area contributed by atoms with E-state index in [4.69, 9.17) is 0 Å². The van der Waals surface area contributed by atoms with Crippen molar-refractivity contribution in [2.45, 2.75) is 44.9 Å². The first-order chi connectivity index (χ1) is 12.2. The smallest absolute Gasteiger partial charge is 0.262 e. The number of fused-ring (bicyclic) bond motifs is 1. The summed E-state index contributed by atoms with van der Waals surface area (Å²) >= 11 is 4.56. The minimum atomic E-state index is -0.925. The van der Waals surface area contributed by atoms with Gasteiger partial charge in [0.05, 0.1) is 22.7 Å². The maximum absolute atomic E-state index is 12.7. The molecule has 0 spiro atoms. The Kier molecular flexibility index (Phi) is 6.48. The van der Waals surface area contributed by atoms with Crippen LogP contribution in [-0.2, 0) is 11.3 Å². The number of hydrogen-bond acceptors (Lipinski definition) is 5. The van der Waals surface area contributed by atoms with Gasteiger partial charge in [-0.3, -0.25) is 14.2 Å². The first-order valence-corrected chi connectivity index (χ1v) is 10.0. The Bertz CT molecular complexity index is 935. The lowest BCUT2D eigenvalue weighted by molar-refractivity contribution is -0.120. The summed E-state index contributed by atoms with van der Waals surface area (Å²) in [5.74, 6) is -0.202. The molecule has 2 aromatic rings. The van der Waals surface area contributed by atoms with Crippen LogP contribution in [-0.4, -0.2) is 26.8 Å². The van der Waals surface area contributed by atoms with E-state index in [0.717, 1.165) is 4.47 Å². The Hall–Kier alpha value is -1.85. The summed E-state index contributed by atoms with van der Waals surface area (Å²) in [5.41, 5.74) is -0.467. The van der Waals surface area contributed by atoms with Crippen molar-refractivity contribution >= 4 is 44.5 Å². The van der Waals surface area contributed by atoms with Crippen molar-refractivity contribution < 1.29 is 4.79 Å². The molecular formula is C18H21BrN4O2S. The number of halogens is 1. The second-order valence-corrected chi connectivity index (χ2v) is 8.27. The van der Waals surface area contributed by atoms with Gasteiger partial charge in [0.2, 0.25) is 5.91 Å². The second kappa shape index (κ2) is 8.23. The molecule has 0 fully saturated rings. The van der Waals surface area contributed by atoms with Gasteiger partial charge in [-0.05, 0) is 38.0 Å².